The Kier molecular flexibility index (Phi) is 4.61. The van der Waals surface area contributed by atoms with Gasteiger partial charge in [0.2, 0.25) is 0 Å². The summed E-state index contributed by atoms with van der Waals surface area (Å²) < 4.78 is 17.9. The molecule has 0 aromatic heterocycles. The number of anilines is 1. The topological polar surface area (TPSA) is 49.9 Å². The van der Waals surface area contributed by atoms with E-state index in [1.807, 2.05) is 17.0 Å². The van der Waals surface area contributed by atoms with E-state index in [1.165, 1.54) is 24.1 Å². The molecule has 138 valence electrons. The third-order valence-corrected chi connectivity index (χ3v) is 6.34. The molecule has 2 aliphatic rings. The van der Waals surface area contributed by atoms with Crippen LogP contribution in [0.1, 0.15) is 21.3 Å². The molecular weight excluding hydrogens is 387 g/mol. The monoisotopic (exact) mass is 402 g/mol. The number of benzene rings is 2. The third kappa shape index (κ3) is 2.98. The summed E-state index contributed by atoms with van der Waals surface area (Å²) >= 11 is 7.21. The largest absolute Gasteiger partial charge is 0.465 e. The number of hydrogen-bond acceptors (Lipinski definition) is 5. The second-order valence-corrected chi connectivity index (χ2v) is 7.63. The van der Waals surface area contributed by atoms with E-state index in [0.29, 0.717) is 22.1 Å². The molecule has 0 bridgehead atoms. The van der Waals surface area contributed by atoms with E-state index in [2.05, 4.69) is 0 Å². The second-order valence-electron chi connectivity index (χ2n) is 6.15. The number of nitrogens with zero attached hydrogens (tertiary/aromatic N) is 2. The summed E-state index contributed by atoms with van der Waals surface area (Å²) in [4.78, 5) is 27.9. The summed E-state index contributed by atoms with van der Waals surface area (Å²) in [6, 6.07) is 12.5. The molecule has 1 amide bonds. The number of carbonyl (C=O) groups is 2. The van der Waals surface area contributed by atoms with Gasteiger partial charge in [0.1, 0.15) is 17.2 Å². The number of ether oxygens (including phenoxy) is 1. The van der Waals surface area contributed by atoms with Crippen LogP contribution in [0.3, 0.4) is 0 Å². The molecule has 2 aromatic rings. The molecule has 2 atom stereocenters. The third-order valence-electron chi connectivity index (χ3n) is 4.62. The van der Waals surface area contributed by atoms with Crippen molar-refractivity contribution >= 4 is 46.7 Å². The van der Waals surface area contributed by atoms with E-state index in [9.17, 15) is 14.0 Å². The Hall–Kier alpha value is -2.45. The Morgan fingerprint density at radius 1 is 1.19 bits per heavy atom. The molecule has 2 saturated heterocycles. The Labute approximate surface area is 165 Å². The standard InChI is InChI=1S/C19H15FN2O3S2/c1-25-18(24)12-4-2-11(3-5-12)17-22-15(10-27-17)16(23)21(19(22)26)14-8-6-13(20)7-9-14/h2-9,15,17H,10H2,1H3/t15-,17?/m1/s1. The smallest absolute Gasteiger partial charge is 0.337 e. The first-order valence-corrected chi connectivity index (χ1v) is 9.68. The summed E-state index contributed by atoms with van der Waals surface area (Å²) in [7, 11) is 1.34. The molecule has 0 radical (unpaired) electrons. The number of fused-ring (bicyclic) bond motifs is 1. The van der Waals surface area contributed by atoms with Crippen molar-refractivity contribution in [1.82, 2.24) is 4.90 Å². The van der Waals surface area contributed by atoms with Gasteiger partial charge < -0.3 is 9.64 Å². The first-order chi connectivity index (χ1) is 13.0. The maximum absolute atomic E-state index is 13.2. The van der Waals surface area contributed by atoms with E-state index >= 15 is 0 Å². The number of carbonyl (C=O) groups excluding carboxylic acids is 2. The lowest BCUT2D eigenvalue weighted by Gasteiger charge is -2.25. The van der Waals surface area contributed by atoms with E-state index in [1.54, 1.807) is 36.0 Å². The Morgan fingerprint density at radius 2 is 1.85 bits per heavy atom. The summed E-state index contributed by atoms with van der Waals surface area (Å²) in [5, 5.41) is 0.284. The minimum absolute atomic E-state index is 0.104. The number of rotatable bonds is 3. The van der Waals surface area contributed by atoms with Crippen molar-refractivity contribution in [3.05, 3.63) is 65.5 Å². The molecule has 0 saturated carbocycles. The molecule has 2 fully saturated rings. The average Bonchev–Trinajstić information content (AvgIpc) is 3.23. The van der Waals surface area contributed by atoms with Crippen LogP contribution < -0.4 is 4.90 Å². The predicted molar refractivity (Wildman–Crippen MR) is 105 cm³/mol. The van der Waals surface area contributed by atoms with Gasteiger partial charge in [-0.05, 0) is 54.2 Å². The molecule has 1 unspecified atom stereocenters. The fraction of sp³-hybridized carbons (Fsp3) is 0.211. The first-order valence-electron chi connectivity index (χ1n) is 8.23. The number of esters is 1. The maximum Gasteiger partial charge on any atom is 0.337 e. The van der Waals surface area contributed by atoms with Crippen LogP contribution in [-0.2, 0) is 9.53 Å². The van der Waals surface area contributed by atoms with Gasteiger partial charge in [-0.3, -0.25) is 9.69 Å². The van der Waals surface area contributed by atoms with Crippen LogP contribution in [0.15, 0.2) is 48.5 Å². The summed E-state index contributed by atoms with van der Waals surface area (Å²) in [6.45, 7) is 0. The summed E-state index contributed by atoms with van der Waals surface area (Å²) in [5.41, 5.74) is 1.98. The van der Waals surface area contributed by atoms with Crippen molar-refractivity contribution in [3.8, 4) is 0 Å². The zero-order valence-electron chi connectivity index (χ0n) is 14.3. The van der Waals surface area contributed by atoms with Crippen LogP contribution in [0.25, 0.3) is 0 Å². The van der Waals surface area contributed by atoms with Crippen LogP contribution in [0.5, 0.6) is 0 Å². The molecule has 8 heteroatoms. The normalized spacial score (nSPS) is 21.6. The molecule has 2 aromatic carbocycles. The first kappa shape index (κ1) is 17.9. The van der Waals surface area contributed by atoms with Crippen molar-refractivity contribution in [2.45, 2.75) is 11.4 Å². The SMILES string of the molecule is COC(=O)c1ccc(C2SC[C@@H]3C(=O)N(c4ccc(F)cc4)C(=S)N23)cc1. The van der Waals surface area contributed by atoms with Gasteiger partial charge in [0.05, 0.1) is 18.4 Å². The fourth-order valence-corrected chi connectivity index (χ4v) is 5.19. The molecule has 2 heterocycles. The lowest BCUT2D eigenvalue weighted by Crippen LogP contribution is -2.33. The minimum atomic E-state index is -0.396. The van der Waals surface area contributed by atoms with E-state index < -0.39 is 5.97 Å². The fourth-order valence-electron chi connectivity index (χ4n) is 3.28. The van der Waals surface area contributed by atoms with Crippen molar-refractivity contribution in [2.75, 3.05) is 17.8 Å². The van der Waals surface area contributed by atoms with Crippen LogP contribution in [-0.4, -0.2) is 40.8 Å². The molecule has 0 N–H and O–H groups in total. The van der Waals surface area contributed by atoms with Crippen LogP contribution >= 0.6 is 24.0 Å². The van der Waals surface area contributed by atoms with Crippen LogP contribution in [0, 0.1) is 5.82 Å². The number of hydrogen-bond donors (Lipinski definition) is 0. The average molecular weight is 402 g/mol. The summed E-state index contributed by atoms with van der Waals surface area (Å²) in [6.07, 6.45) is 0. The van der Waals surface area contributed by atoms with Gasteiger partial charge in [0, 0.05) is 5.75 Å². The van der Waals surface area contributed by atoms with Gasteiger partial charge in [0.25, 0.3) is 5.91 Å². The van der Waals surface area contributed by atoms with Gasteiger partial charge in [-0.15, -0.1) is 11.8 Å². The number of methoxy groups -OCH3 is 1. The lowest BCUT2D eigenvalue weighted by molar-refractivity contribution is -0.119. The molecule has 0 spiro atoms. The van der Waals surface area contributed by atoms with Crippen molar-refractivity contribution in [2.24, 2.45) is 0 Å². The van der Waals surface area contributed by atoms with Crippen LogP contribution in [0.2, 0.25) is 0 Å². The van der Waals surface area contributed by atoms with E-state index in [4.69, 9.17) is 17.0 Å². The quantitative estimate of drug-likeness (QED) is 0.580. The molecule has 2 aliphatic heterocycles. The van der Waals surface area contributed by atoms with E-state index in [-0.39, 0.29) is 23.1 Å². The molecule has 5 nitrogen and oxygen atoms in total. The number of halogens is 1. The molecular formula is C19H15FN2O3S2. The highest BCUT2D eigenvalue weighted by atomic mass is 32.2. The van der Waals surface area contributed by atoms with Crippen molar-refractivity contribution < 1.29 is 18.7 Å². The Morgan fingerprint density at radius 3 is 2.48 bits per heavy atom. The Balaban J connectivity index is 1.62. The highest BCUT2D eigenvalue weighted by Gasteiger charge is 2.50. The summed E-state index contributed by atoms with van der Waals surface area (Å²) in [5.74, 6) is -0.253. The van der Waals surface area contributed by atoms with Crippen LogP contribution in [0.4, 0.5) is 10.1 Å². The number of thioether (sulfide) groups is 1. The second kappa shape index (κ2) is 6.94. The maximum atomic E-state index is 13.2. The predicted octanol–water partition coefficient (Wildman–Crippen LogP) is 3.36. The van der Waals surface area contributed by atoms with E-state index in [0.717, 1.165) is 5.56 Å². The number of amides is 1. The van der Waals surface area contributed by atoms with Gasteiger partial charge in [-0.25, -0.2) is 9.18 Å². The zero-order chi connectivity index (χ0) is 19.1. The van der Waals surface area contributed by atoms with Gasteiger partial charge >= 0.3 is 5.97 Å². The lowest BCUT2D eigenvalue weighted by atomic mass is 10.1. The van der Waals surface area contributed by atoms with Gasteiger partial charge in [-0.1, -0.05) is 12.1 Å². The molecule has 0 aliphatic carbocycles. The zero-order valence-corrected chi connectivity index (χ0v) is 15.9. The molecule has 27 heavy (non-hydrogen) atoms. The highest BCUT2D eigenvalue weighted by Crippen LogP contribution is 2.46. The minimum Gasteiger partial charge on any atom is -0.465 e. The van der Waals surface area contributed by atoms with Crippen molar-refractivity contribution in [1.29, 1.82) is 0 Å². The number of thiocarbonyl (C=S) groups is 1. The van der Waals surface area contributed by atoms with Crippen molar-refractivity contribution in [3.63, 3.8) is 0 Å². The Bertz CT molecular complexity index is 918. The molecule has 4 rings (SSSR count). The highest BCUT2D eigenvalue weighted by molar-refractivity contribution is 7.99. The van der Waals surface area contributed by atoms with Gasteiger partial charge in [0.15, 0.2) is 5.11 Å². The van der Waals surface area contributed by atoms with Gasteiger partial charge in [-0.2, -0.15) is 0 Å².